The summed E-state index contributed by atoms with van der Waals surface area (Å²) in [5.74, 6) is 0.674. The van der Waals surface area contributed by atoms with Crippen molar-refractivity contribution >= 4 is 23.1 Å². The molecule has 1 unspecified atom stereocenters. The number of amides is 2. The number of rotatable bonds is 6. The van der Waals surface area contributed by atoms with Crippen molar-refractivity contribution in [2.75, 3.05) is 5.32 Å². The molecule has 3 rings (SSSR count). The van der Waals surface area contributed by atoms with Crippen LogP contribution in [0.4, 0.5) is 10.5 Å². The van der Waals surface area contributed by atoms with E-state index >= 15 is 0 Å². The van der Waals surface area contributed by atoms with Crippen LogP contribution in [0.1, 0.15) is 24.2 Å². The van der Waals surface area contributed by atoms with Gasteiger partial charge in [0.1, 0.15) is 12.4 Å². The highest BCUT2D eigenvalue weighted by Crippen LogP contribution is 2.19. The second-order valence-electron chi connectivity index (χ2n) is 5.40. The largest absolute Gasteiger partial charge is 0.487 e. The molecule has 3 aromatic rings. The van der Waals surface area contributed by atoms with Gasteiger partial charge < -0.3 is 15.4 Å². The maximum absolute atomic E-state index is 12.2. The molecule has 0 aliphatic rings. The number of nitrogens with zero attached hydrogens (tertiary/aromatic N) is 2. The standard InChI is InChI=1S/C18H18N4O2S/c1-13(14-5-7-19-8-6-14)21-18(23)22-15-3-2-4-17(9-15)24-10-16-11-25-12-20-16/h2-9,11-13H,10H2,1H3,(H2,21,22,23). The quantitative estimate of drug-likeness (QED) is 0.701. The van der Waals surface area contributed by atoms with Crippen molar-refractivity contribution in [3.05, 3.63) is 70.9 Å². The summed E-state index contributed by atoms with van der Waals surface area (Å²) in [6.45, 7) is 2.32. The van der Waals surface area contributed by atoms with Crippen molar-refractivity contribution in [2.45, 2.75) is 19.6 Å². The molecule has 0 spiro atoms. The maximum Gasteiger partial charge on any atom is 0.319 e. The predicted molar refractivity (Wildman–Crippen MR) is 97.7 cm³/mol. The highest BCUT2D eigenvalue weighted by molar-refractivity contribution is 7.07. The Labute approximate surface area is 149 Å². The fourth-order valence-corrected chi connectivity index (χ4v) is 2.77. The second-order valence-corrected chi connectivity index (χ2v) is 6.12. The third-order valence-electron chi connectivity index (χ3n) is 3.52. The van der Waals surface area contributed by atoms with Gasteiger partial charge in [0.25, 0.3) is 0 Å². The van der Waals surface area contributed by atoms with E-state index in [-0.39, 0.29) is 12.1 Å². The zero-order valence-electron chi connectivity index (χ0n) is 13.7. The molecule has 0 saturated heterocycles. The van der Waals surface area contributed by atoms with E-state index < -0.39 is 0 Å². The van der Waals surface area contributed by atoms with Crippen molar-refractivity contribution in [1.29, 1.82) is 0 Å². The molecule has 2 amide bonds. The molecule has 2 N–H and O–H groups in total. The van der Waals surface area contributed by atoms with E-state index in [1.165, 1.54) is 11.3 Å². The zero-order valence-corrected chi connectivity index (χ0v) is 14.5. The van der Waals surface area contributed by atoms with Crippen LogP contribution in [-0.2, 0) is 6.61 Å². The number of urea groups is 1. The summed E-state index contributed by atoms with van der Waals surface area (Å²) < 4.78 is 5.69. The summed E-state index contributed by atoms with van der Waals surface area (Å²) in [4.78, 5) is 20.3. The predicted octanol–water partition coefficient (Wildman–Crippen LogP) is 4.00. The number of benzene rings is 1. The van der Waals surface area contributed by atoms with E-state index in [4.69, 9.17) is 4.74 Å². The number of hydrogen-bond acceptors (Lipinski definition) is 5. The minimum atomic E-state index is -0.277. The van der Waals surface area contributed by atoms with Crippen LogP contribution in [0.25, 0.3) is 0 Å². The number of carbonyl (C=O) groups excluding carboxylic acids is 1. The molecule has 1 atom stereocenters. The van der Waals surface area contributed by atoms with Gasteiger partial charge in [-0.25, -0.2) is 9.78 Å². The van der Waals surface area contributed by atoms with Crippen molar-refractivity contribution in [3.8, 4) is 5.75 Å². The number of pyridine rings is 1. The van der Waals surface area contributed by atoms with Crippen LogP contribution in [-0.4, -0.2) is 16.0 Å². The van der Waals surface area contributed by atoms with Crippen LogP contribution < -0.4 is 15.4 Å². The number of thiazole rings is 1. The minimum Gasteiger partial charge on any atom is -0.487 e. The van der Waals surface area contributed by atoms with Crippen molar-refractivity contribution in [2.24, 2.45) is 0 Å². The molecule has 0 aliphatic heterocycles. The molecule has 0 radical (unpaired) electrons. The van der Waals surface area contributed by atoms with Gasteiger partial charge >= 0.3 is 6.03 Å². The number of ether oxygens (including phenoxy) is 1. The molecule has 128 valence electrons. The first-order chi connectivity index (χ1) is 12.2. The summed E-state index contributed by atoms with van der Waals surface area (Å²) in [6, 6.07) is 10.6. The van der Waals surface area contributed by atoms with Crippen LogP contribution in [0.2, 0.25) is 0 Å². The number of carbonyl (C=O) groups is 1. The van der Waals surface area contributed by atoms with E-state index in [9.17, 15) is 4.79 Å². The maximum atomic E-state index is 12.2. The van der Waals surface area contributed by atoms with E-state index in [0.717, 1.165) is 11.3 Å². The Hall–Kier alpha value is -2.93. The van der Waals surface area contributed by atoms with Gasteiger partial charge in [-0.3, -0.25) is 4.98 Å². The Morgan fingerprint density at radius 3 is 2.88 bits per heavy atom. The van der Waals surface area contributed by atoms with Gasteiger partial charge in [0.2, 0.25) is 0 Å². The molecule has 0 bridgehead atoms. The van der Waals surface area contributed by atoms with Crippen LogP contribution in [0.15, 0.2) is 59.7 Å². The average Bonchev–Trinajstić information content (AvgIpc) is 3.14. The first-order valence-electron chi connectivity index (χ1n) is 7.78. The normalized spacial score (nSPS) is 11.6. The summed E-state index contributed by atoms with van der Waals surface area (Å²) in [5.41, 5.74) is 4.30. The van der Waals surface area contributed by atoms with Gasteiger partial charge in [-0.05, 0) is 36.8 Å². The van der Waals surface area contributed by atoms with E-state index in [2.05, 4.69) is 20.6 Å². The lowest BCUT2D eigenvalue weighted by Gasteiger charge is -2.15. The van der Waals surface area contributed by atoms with Gasteiger partial charge in [-0.2, -0.15) is 0 Å². The van der Waals surface area contributed by atoms with E-state index in [1.54, 1.807) is 24.0 Å². The van der Waals surface area contributed by atoms with E-state index in [1.807, 2.05) is 42.6 Å². The van der Waals surface area contributed by atoms with E-state index in [0.29, 0.717) is 18.0 Å². The van der Waals surface area contributed by atoms with Crippen LogP contribution in [0.5, 0.6) is 5.75 Å². The lowest BCUT2D eigenvalue weighted by Crippen LogP contribution is -2.31. The Bertz CT molecular complexity index is 809. The minimum absolute atomic E-state index is 0.118. The summed E-state index contributed by atoms with van der Waals surface area (Å²) in [6.07, 6.45) is 3.41. The fourth-order valence-electron chi connectivity index (χ4n) is 2.23. The fraction of sp³-hybridized carbons (Fsp3) is 0.167. The lowest BCUT2D eigenvalue weighted by molar-refractivity contribution is 0.249. The lowest BCUT2D eigenvalue weighted by atomic mass is 10.1. The van der Waals surface area contributed by atoms with Crippen LogP contribution in [0, 0.1) is 0 Å². The number of anilines is 1. The Morgan fingerprint density at radius 2 is 2.12 bits per heavy atom. The molecule has 0 saturated carbocycles. The first kappa shape index (κ1) is 16.9. The summed E-state index contributed by atoms with van der Waals surface area (Å²) in [5, 5.41) is 7.65. The molecule has 0 aliphatic carbocycles. The van der Waals surface area contributed by atoms with Crippen LogP contribution >= 0.6 is 11.3 Å². The molecule has 1 aromatic carbocycles. The molecule has 7 heteroatoms. The topological polar surface area (TPSA) is 76.1 Å². The monoisotopic (exact) mass is 354 g/mol. The van der Waals surface area contributed by atoms with Gasteiger partial charge in [-0.1, -0.05) is 6.07 Å². The molecule has 0 fully saturated rings. The molecular formula is C18H18N4O2S. The molecule has 25 heavy (non-hydrogen) atoms. The van der Waals surface area contributed by atoms with Gasteiger partial charge in [0.15, 0.2) is 0 Å². The number of hydrogen-bond donors (Lipinski definition) is 2. The Morgan fingerprint density at radius 1 is 1.28 bits per heavy atom. The van der Waals surface area contributed by atoms with Gasteiger partial charge in [0.05, 0.1) is 17.2 Å². The highest BCUT2D eigenvalue weighted by atomic mass is 32.1. The Balaban J connectivity index is 1.55. The molecule has 2 heterocycles. The summed E-state index contributed by atoms with van der Waals surface area (Å²) in [7, 11) is 0. The average molecular weight is 354 g/mol. The SMILES string of the molecule is CC(NC(=O)Nc1cccc(OCc2cscn2)c1)c1ccncc1. The molecule has 6 nitrogen and oxygen atoms in total. The van der Waals surface area contributed by atoms with Crippen molar-refractivity contribution < 1.29 is 9.53 Å². The zero-order chi connectivity index (χ0) is 17.5. The van der Waals surface area contributed by atoms with Gasteiger partial charge in [-0.15, -0.1) is 11.3 Å². The molecule has 2 aromatic heterocycles. The smallest absolute Gasteiger partial charge is 0.319 e. The van der Waals surface area contributed by atoms with Crippen molar-refractivity contribution in [3.63, 3.8) is 0 Å². The first-order valence-corrected chi connectivity index (χ1v) is 8.72. The highest BCUT2D eigenvalue weighted by Gasteiger charge is 2.09. The molecular weight excluding hydrogens is 336 g/mol. The summed E-state index contributed by atoms with van der Waals surface area (Å²) >= 11 is 1.53. The van der Waals surface area contributed by atoms with Gasteiger partial charge in [0, 0.05) is 29.5 Å². The third kappa shape index (κ3) is 5.02. The number of aromatic nitrogens is 2. The second kappa shape index (κ2) is 8.25. The van der Waals surface area contributed by atoms with Crippen LogP contribution in [0.3, 0.4) is 0 Å². The number of nitrogens with one attached hydrogen (secondary N) is 2. The Kier molecular flexibility index (Phi) is 5.58. The third-order valence-corrected chi connectivity index (χ3v) is 4.15. The van der Waals surface area contributed by atoms with Crippen molar-refractivity contribution in [1.82, 2.24) is 15.3 Å².